The molecule has 1 atom stereocenters. The molecule has 1 unspecified atom stereocenters. The van der Waals surface area contributed by atoms with E-state index in [1.807, 2.05) is 6.07 Å². The Hall–Kier alpha value is -1.06. The minimum Gasteiger partial charge on any atom is -0.491 e. The zero-order chi connectivity index (χ0) is 12.7. The second-order valence-corrected chi connectivity index (χ2v) is 4.32. The van der Waals surface area contributed by atoms with Crippen LogP contribution in [0.1, 0.15) is 24.5 Å². The van der Waals surface area contributed by atoms with Crippen molar-refractivity contribution in [3.63, 3.8) is 0 Å². The molecule has 1 rings (SSSR count). The Kier molecular flexibility index (Phi) is 6.01. The average molecular weight is 237 g/mol. The van der Waals surface area contributed by atoms with Crippen LogP contribution in [0.5, 0.6) is 5.75 Å². The molecule has 0 saturated heterocycles. The Bertz CT molecular complexity index is 339. The Morgan fingerprint density at radius 3 is 2.71 bits per heavy atom. The van der Waals surface area contributed by atoms with Crippen molar-refractivity contribution in [3.05, 3.63) is 29.3 Å². The lowest BCUT2D eigenvalue weighted by Gasteiger charge is -2.15. The maximum atomic E-state index is 6.00. The molecular weight excluding hydrogens is 214 g/mol. The highest BCUT2D eigenvalue weighted by molar-refractivity contribution is 5.37. The summed E-state index contributed by atoms with van der Waals surface area (Å²) < 4.78 is 10.7. The molecule has 0 heterocycles. The van der Waals surface area contributed by atoms with E-state index in [9.17, 15) is 0 Å². The van der Waals surface area contributed by atoms with Crippen molar-refractivity contribution in [2.75, 3.05) is 20.3 Å². The van der Waals surface area contributed by atoms with Gasteiger partial charge in [-0.1, -0.05) is 24.6 Å². The van der Waals surface area contributed by atoms with E-state index in [0.717, 1.165) is 18.6 Å². The lowest BCUT2D eigenvalue weighted by atomic mass is 10.0. The molecule has 3 nitrogen and oxygen atoms in total. The zero-order valence-corrected chi connectivity index (χ0v) is 11.0. The monoisotopic (exact) mass is 237 g/mol. The molecule has 0 saturated carbocycles. The predicted molar refractivity (Wildman–Crippen MR) is 70.5 cm³/mol. The predicted octanol–water partition coefficient (Wildman–Crippen LogP) is 2.30. The summed E-state index contributed by atoms with van der Waals surface area (Å²) in [7, 11) is 1.67. The van der Waals surface area contributed by atoms with Crippen LogP contribution in [0.2, 0.25) is 0 Å². The van der Waals surface area contributed by atoms with Gasteiger partial charge in [0.15, 0.2) is 0 Å². The highest BCUT2D eigenvalue weighted by Crippen LogP contribution is 2.21. The number of hydrogen-bond donors (Lipinski definition) is 1. The highest BCUT2D eigenvalue weighted by atomic mass is 16.5. The molecule has 17 heavy (non-hydrogen) atoms. The summed E-state index contributed by atoms with van der Waals surface area (Å²) >= 11 is 0. The third-order valence-electron chi connectivity index (χ3n) is 2.77. The molecule has 0 aliphatic carbocycles. The van der Waals surface area contributed by atoms with Crippen molar-refractivity contribution in [3.8, 4) is 5.75 Å². The molecule has 3 heteroatoms. The van der Waals surface area contributed by atoms with Gasteiger partial charge in [0.1, 0.15) is 12.4 Å². The van der Waals surface area contributed by atoms with E-state index >= 15 is 0 Å². The fourth-order valence-corrected chi connectivity index (χ4v) is 1.67. The van der Waals surface area contributed by atoms with Crippen LogP contribution in [0.3, 0.4) is 0 Å². The maximum Gasteiger partial charge on any atom is 0.122 e. The number of nitrogens with two attached hydrogens (primary N) is 1. The van der Waals surface area contributed by atoms with Gasteiger partial charge in [0.2, 0.25) is 0 Å². The topological polar surface area (TPSA) is 44.5 Å². The summed E-state index contributed by atoms with van der Waals surface area (Å²) in [4.78, 5) is 0. The average Bonchev–Trinajstić information content (AvgIpc) is 2.32. The van der Waals surface area contributed by atoms with E-state index in [0.29, 0.717) is 13.2 Å². The van der Waals surface area contributed by atoms with E-state index in [-0.39, 0.29) is 6.04 Å². The van der Waals surface area contributed by atoms with Gasteiger partial charge in [0.05, 0.1) is 6.61 Å². The van der Waals surface area contributed by atoms with Crippen LogP contribution in [0, 0.1) is 6.92 Å². The van der Waals surface area contributed by atoms with Crippen LogP contribution in [0.25, 0.3) is 0 Å². The lowest BCUT2D eigenvalue weighted by Crippen LogP contribution is -2.22. The number of methoxy groups -OCH3 is 1. The van der Waals surface area contributed by atoms with Gasteiger partial charge in [0.25, 0.3) is 0 Å². The summed E-state index contributed by atoms with van der Waals surface area (Å²) in [6.45, 7) is 5.37. The third kappa shape index (κ3) is 4.75. The summed E-state index contributed by atoms with van der Waals surface area (Å²) in [5.41, 5.74) is 8.43. The van der Waals surface area contributed by atoms with E-state index in [4.69, 9.17) is 15.2 Å². The lowest BCUT2D eigenvalue weighted by molar-refractivity contribution is 0.145. The molecule has 0 aliphatic rings. The van der Waals surface area contributed by atoms with Gasteiger partial charge in [-0.15, -0.1) is 0 Å². The third-order valence-corrected chi connectivity index (χ3v) is 2.77. The van der Waals surface area contributed by atoms with Crippen LogP contribution in [-0.2, 0) is 11.2 Å². The van der Waals surface area contributed by atoms with Crippen molar-refractivity contribution in [2.24, 2.45) is 5.73 Å². The molecule has 0 amide bonds. The Labute approximate surface area is 104 Å². The van der Waals surface area contributed by atoms with Crippen LogP contribution < -0.4 is 10.5 Å². The second kappa shape index (κ2) is 7.30. The van der Waals surface area contributed by atoms with Gasteiger partial charge in [-0.05, 0) is 31.4 Å². The SMILES string of the molecule is CCC(N)Cc1cc(C)ccc1OCCOC. The zero-order valence-electron chi connectivity index (χ0n) is 11.0. The van der Waals surface area contributed by atoms with Crippen molar-refractivity contribution in [2.45, 2.75) is 32.7 Å². The highest BCUT2D eigenvalue weighted by Gasteiger charge is 2.08. The molecule has 0 radical (unpaired) electrons. The van der Waals surface area contributed by atoms with Crippen molar-refractivity contribution in [1.29, 1.82) is 0 Å². The molecule has 2 N–H and O–H groups in total. The van der Waals surface area contributed by atoms with Gasteiger partial charge >= 0.3 is 0 Å². The largest absolute Gasteiger partial charge is 0.491 e. The number of ether oxygens (including phenoxy) is 2. The summed E-state index contributed by atoms with van der Waals surface area (Å²) in [6, 6.07) is 6.42. The van der Waals surface area contributed by atoms with Gasteiger partial charge in [0, 0.05) is 13.2 Å². The van der Waals surface area contributed by atoms with Crippen LogP contribution in [0.15, 0.2) is 18.2 Å². The molecule has 1 aromatic rings. The molecule has 0 fully saturated rings. The van der Waals surface area contributed by atoms with Gasteiger partial charge in [-0.2, -0.15) is 0 Å². The summed E-state index contributed by atoms with van der Waals surface area (Å²) in [5.74, 6) is 0.927. The van der Waals surface area contributed by atoms with E-state index < -0.39 is 0 Å². The fourth-order valence-electron chi connectivity index (χ4n) is 1.67. The second-order valence-electron chi connectivity index (χ2n) is 4.32. The first-order chi connectivity index (χ1) is 8.17. The minimum absolute atomic E-state index is 0.196. The molecular formula is C14H23NO2. The minimum atomic E-state index is 0.196. The van der Waals surface area contributed by atoms with Crippen molar-refractivity contribution in [1.82, 2.24) is 0 Å². The van der Waals surface area contributed by atoms with Gasteiger partial charge in [-0.25, -0.2) is 0 Å². The Morgan fingerprint density at radius 2 is 2.06 bits per heavy atom. The Balaban J connectivity index is 2.72. The maximum absolute atomic E-state index is 6.00. The molecule has 0 bridgehead atoms. The molecule has 0 spiro atoms. The quantitative estimate of drug-likeness (QED) is 0.740. The fraction of sp³-hybridized carbons (Fsp3) is 0.571. The number of rotatable bonds is 7. The molecule has 0 aromatic heterocycles. The summed E-state index contributed by atoms with van der Waals surface area (Å²) in [6.07, 6.45) is 1.84. The normalized spacial score (nSPS) is 12.5. The van der Waals surface area contributed by atoms with E-state index in [2.05, 4.69) is 26.0 Å². The molecule has 96 valence electrons. The standard InChI is InChI=1S/C14H23NO2/c1-4-13(15)10-12-9-11(2)5-6-14(12)17-8-7-16-3/h5-6,9,13H,4,7-8,10,15H2,1-3H3. The van der Waals surface area contributed by atoms with Crippen molar-refractivity contribution >= 4 is 0 Å². The Morgan fingerprint density at radius 1 is 1.29 bits per heavy atom. The number of benzene rings is 1. The first kappa shape index (κ1) is 14.0. The molecule has 1 aromatic carbocycles. The van der Waals surface area contributed by atoms with Crippen LogP contribution >= 0.6 is 0 Å². The van der Waals surface area contributed by atoms with Crippen LogP contribution in [0.4, 0.5) is 0 Å². The van der Waals surface area contributed by atoms with E-state index in [1.54, 1.807) is 7.11 Å². The first-order valence-corrected chi connectivity index (χ1v) is 6.14. The summed E-state index contributed by atoms with van der Waals surface area (Å²) in [5, 5.41) is 0. The van der Waals surface area contributed by atoms with Crippen molar-refractivity contribution < 1.29 is 9.47 Å². The first-order valence-electron chi connectivity index (χ1n) is 6.14. The van der Waals surface area contributed by atoms with Crippen LogP contribution in [-0.4, -0.2) is 26.4 Å². The van der Waals surface area contributed by atoms with E-state index in [1.165, 1.54) is 11.1 Å². The number of aryl methyl sites for hydroxylation is 1. The van der Waals surface area contributed by atoms with Gasteiger partial charge < -0.3 is 15.2 Å². The van der Waals surface area contributed by atoms with Gasteiger partial charge in [-0.3, -0.25) is 0 Å². The number of hydrogen-bond acceptors (Lipinski definition) is 3. The molecule has 0 aliphatic heterocycles. The smallest absolute Gasteiger partial charge is 0.122 e.